The quantitative estimate of drug-likeness (QED) is 0.454. The highest BCUT2D eigenvalue weighted by Crippen LogP contribution is 2.14. The molecular formula is C20H23BrN2O3-2. The average Bonchev–Trinajstić information content (AvgIpc) is 2.64. The molecule has 0 saturated carbocycles. The topological polar surface area (TPSA) is 87.2 Å². The van der Waals surface area contributed by atoms with E-state index in [1.807, 2.05) is 30.3 Å². The van der Waals surface area contributed by atoms with Crippen LogP contribution in [0.25, 0.3) is 0 Å². The largest absolute Gasteiger partial charge is 0.848 e. The van der Waals surface area contributed by atoms with Crippen molar-refractivity contribution in [1.29, 1.82) is 0 Å². The number of halogens is 1. The summed E-state index contributed by atoms with van der Waals surface area (Å²) < 4.78 is 0.822. The number of unbranched alkanes of at least 4 members (excludes halogenated alkanes) is 2. The molecule has 0 heterocycles. The number of hydrogen-bond acceptors (Lipinski definition) is 4. The lowest BCUT2D eigenvalue weighted by Gasteiger charge is -2.50. The van der Waals surface area contributed by atoms with Gasteiger partial charge in [-0.3, -0.25) is 4.79 Å². The Morgan fingerprint density at radius 1 is 0.962 bits per heavy atom. The number of nitrogens with one attached hydrogen (secondary N) is 2. The molecule has 0 saturated heterocycles. The van der Waals surface area contributed by atoms with Crippen LogP contribution in [-0.2, 0) is 17.3 Å². The molecule has 0 aliphatic heterocycles. The molecular weight excluding hydrogens is 396 g/mol. The first kappa shape index (κ1) is 20.6. The summed E-state index contributed by atoms with van der Waals surface area (Å²) in [4.78, 5) is 11.8. The third-order valence-electron chi connectivity index (χ3n) is 4.00. The maximum Gasteiger partial charge on any atom is 0.220 e. The second-order valence-electron chi connectivity index (χ2n) is 6.12. The second kappa shape index (κ2) is 10.4. The van der Waals surface area contributed by atoms with Crippen LogP contribution < -0.4 is 20.8 Å². The first-order valence-electron chi connectivity index (χ1n) is 8.70. The zero-order valence-electron chi connectivity index (χ0n) is 14.5. The van der Waals surface area contributed by atoms with Crippen LogP contribution in [0.2, 0.25) is 0 Å². The van der Waals surface area contributed by atoms with Crippen LogP contribution in [0.5, 0.6) is 0 Å². The van der Waals surface area contributed by atoms with Gasteiger partial charge in [0, 0.05) is 17.4 Å². The fraction of sp³-hybridized carbons (Fsp3) is 0.350. The van der Waals surface area contributed by atoms with Gasteiger partial charge in [-0.15, -0.1) is 5.91 Å². The molecule has 5 nitrogen and oxygen atoms in total. The van der Waals surface area contributed by atoms with Crippen molar-refractivity contribution < 1.29 is 15.0 Å². The Kier molecular flexibility index (Phi) is 8.25. The van der Waals surface area contributed by atoms with Gasteiger partial charge in [0.15, 0.2) is 0 Å². The molecule has 140 valence electrons. The molecule has 0 unspecified atom stereocenters. The Hall–Kier alpha value is -1.73. The van der Waals surface area contributed by atoms with Gasteiger partial charge < -0.3 is 20.8 Å². The molecule has 2 aromatic carbocycles. The van der Waals surface area contributed by atoms with Crippen molar-refractivity contribution in [3.05, 3.63) is 70.2 Å². The summed E-state index contributed by atoms with van der Waals surface area (Å²) in [6, 6.07) is 16.1. The Balaban J connectivity index is 1.57. The minimum Gasteiger partial charge on any atom is -0.848 e. The van der Waals surface area contributed by atoms with Crippen molar-refractivity contribution in [2.24, 2.45) is 0 Å². The monoisotopic (exact) mass is 418 g/mol. The van der Waals surface area contributed by atoms with Crippen molar-refractivity contribution >= 4 is 21.8 Å². The summed E-state index contributed by atoms with van der Waals surface area (Å²) in [6.07, 6.45) is 2.63. The molecule has 0 aliphatic carbocycles. The molecule has 26 heavy (non-hydrogen) atoms. The molecule has 2 aromatic rings. The number of rotatable bonds is 10. The van der Waals surface area contributed by atoms with Crippen molar-refractivity contribution in [2.75, 3.05) is 6.54 Å². The maximum absolute atomic E-state index is 12.0. The summed E-state index contributed by atoms with van der Waals surface area (Å²) >= 11 is 3.27. The standard InChI is InChI=1S/C20H23BrN2O3/c21-18-12-10-17(11-13-18)20(25,26)23-14-6-2-5-9-19(24)22-15-16-7-3-1-4-8-16/h1,3-4,7-8,10-13,23H,2,5-6,9,14-15H2,(H,22,24)/q-2. The van der Waals surface area contributed by atoms with Gasteiger partial charge in [-0.1, -0.05) is 70.4 Å². The van der Waals surface area contributed by atoms with Gasteiger partial charge in [-0.2, -0.15) is 0 Å². The predicted octanol–water partition coefficient (Wildman–Crippen LogP) is 1.75. The Labute approximate surface area is 162 Å². The Morgan fingerprint density at radius 3 is 2.35 bits per heavy atom. The van der Waals surface area contributed by atoms with Crippen LogP contribution in [0.15, 0.2) is 59.1 Å². The van der Waals surface area contributed by atoms with Gasteiger partial charge in [-0.05, 0) is 37.1 Å². The molecule has 0 bridgehead atoms. The van der Waals surface area contributed by atoms with Crippen LogP contribution >= 0.6 is 15.9 Å². The van der Waals surface area contributed by atoms with Gasteiger partial charge in [0.25, 0.3) is 0 Å². The fourth-order valence-corrected chi connectivity index (χ4v) is 2.76. The Morgan fingerprint density at radius 2 is 1.65 bits per heavy atom. The molecule has 0 radical (unpaired) electrons. The van der Waals surface area contributed by atoms with Gasteiger partial charge in [0.2, 0.25) is 5.91 Å². The van der Waals surface area contributed by atoms with E-state index in [2.05, 4.69) is 26.6 Å². The zero-order valence-corrected chi connectivity index (χ0v) is 16.1. The zero-order chi connectivity index (χ0) is 18.8. The second-order valence-corrected chi connectivity index (χ2v) is 7.04. The molecule has 2 rings (SSSR count). The predicted molar refractivity (Wildman–Crippen MR) is 101 cm³/mol. The van der Waals surface area contributed by atoms with E-state index in [9.17, 15) is 15.0 Å². The molecule has 0 aromatic heterocycles. The van der Waals surface area contributed by atoms with Gasteiger partial charge >= 0.3 is 0 Å². The third kappa shape index (κ3) is 7.25. The number of amides is 1. The molecule has 0 aliphatic rings. The first-order valence-corrected chi connectivity index (χ1v) is 9.49. The highest BCUT2D eigenvalue weighted by molar-refractivity contribution is 9.10. The van der Waals surface area contributed by atoms with E-state index in [1.165, 1.54) is 12.1 Å². The van der Waals surface area contributed by atoms with Crippen LogP contribution in [0.1, 0.15) is 36.8 Å². The van der Waals surface area contributed by atoms with Gasteiger partial charge in [0.1, 0.15) is 0 Å². The molecule has 1 amide bonds. The maximum atomic E-state index is 12.0. The van der Waals surface area contributed by atoms with E-state index in [0.29, 0.717) is 25.9 Å². The van der Waals surface area contributed by atoms with E-state index < -0.39 is 5.91 Å². The third-order valence-corrected chi connectivity index (χ3v) is 4.52. The van der Waals surface area contributed by atoms with Crippen LogP contribution in [0, 0.1) is 0 Å². The SMILES string of the molecule is O=C(CCCCCNC([O-])([O-])c1ccc(Br)cc1)NCc1ccccc1. The summed E-state index contributed by atoms with van der Waals surface area (Å²) in [6.45, 7) is 0.859. The van der Waals surface area contributed by atoms with E-state index in [4.69, 9.17) is 0 Å². The summed E-state index contributed by atoms with van der Waals surface area (Å²) in [5.41, 5.74) is 1.24. The molecule has 6 heteroatoms. The number of carbonyl (C=O) groups is 1. The van der Waals surface area contributed by atoms with Gasteiger partial charge in [0.05, 0.1) is 0 Å². The van der Waals surface area contributed by atoms with Crippen LogP contribution in [-0.4, -0.2) is 12.5 Å². The lowest BCUT2D eigenvalue weighted by Crippen LogP contribution is -2.63. The van der Waals surface area contributed by atoms with E-state index in [1.54, 1.807) is 12.1 Å². The van der Waals surface area contributed by atoms with Crippen molar-refractivity contribution in [3.63, 3.8) is 0 Å². The summed E-state index contributed by atoms with van der Waals surface area (Å²) in [5, 5.41) is 29.4. The lowest BCUT2D eigenvalue weighted by atomic mass is 10.1. The van der Waals surface area contributed by atoms with Crippen molar-refractivity contribution in [2.45, 2.75) is 38.1 Å². The molecule has 2 N–H and O–H groups in total. The van der Waals surface area contributed by atoms with Crippen molar-refractivity contribution in [3.8, 4) is 0 Å². The first-order chi connectivity index (χ1) is 12.5. The highest BCUT2D eigenvalue weighted by atomic mass is 79.9. The normalized spacial score (nSPS) is 11.3. The van der Waals surface area contributed by atoms with Crippen LogP contribution in [0.3, 0.4) is 0 Å². The van der Waals surface area contributed by atoms with E-state index >= 15 is 0 Å². The Bertz CT molecular complexity index is 675. The highest BCUT2D eigenvalue weighted by Gasteiger charge is 2.05. The van der Waals surface area contributed by atoms with Gasteiger partial charge in [-0.25, -0.2) is 0 Å². The number of hydrogen-bond donors (Lipinski definition) is 2. The average molecular weight is 419 g/mol. The summed E-state index contributed by atoms with van der Waals surface area (Å²) in [5.74, 6) is -2.54. The smallest absolute Gasteiger partial charge is 0.220 e. The molecule has 0 spiro atoms. The number of benzene rings is 2. The molecule has 0 atom stereocenters. The van der Waals surface area contributed by atoms with Crippen LogP contribution in [0.4, 0.5) is 0 Å². The minimum absolute atomic E-state index is 0.0127. The van der Waals surface area contributed by atoms with E-state index in [0.717, 1.165) is 22.9 Å². The summed E-state index contributed by atoms with van der Waals surface area (Å²) in [7, 11) is 0. The van der Waals surface area contributed by atoms with E-state index in [-0.39, 0.29) is 11.5 Å². The number of carbonyl (C=O) groups excluding carboxylic acids is 1. The van der Waals surface area contributed by atoms with Crippen molar-refractivity contribution in [1.82, 2.24) is 10.6 Å². The fourth-order valence-electron chi connectivity index (χ4n) is 2.50. The molecule has 0 fully saturated rings. The minimum atomic E-state index is -2.55. The lowest BCUT2D eigenvalue weighted by molar-refractivity contribution is -0.744.